The van der Waals surface area contributed by atoms with E-state index in [1.165, 1.54) is 0 Å². The molecule has 11 nitrogen and oxygen atoms in total. The van der Waals surface area contributed by atoms with Gasteiger partial charge in [-0.25, -0.2) is 19.6 Å². The molecule has 1 fully saturated rings. The minimum absolute atomic E-state index is 0.0538. The van der Waals surface area contributed by atoms with Crippen LogP contribution >= 0.6 is 0 Å². The number of aromatic nitrogens is 2. The van der Waals surface area contributed by atoms with Crippen LogP contribution in [0.1, 0.15) is 35.2 Å². The molecule has 3 aromatic rings. The van der Waals surface area contributed by atoms with Gasteiger partial charge in [-0.2, -0.15) is 0 Å². The Morgan fingerprint density at radius 2 is 1.63 bits per heavy atom. The van der Waals surface area contributed by atoms with Crippen molar-refractivity contribution in [1.29, 1.82) is 0 Å². The Morgan fingerprint density at radius 3 is 2.34 bits per heavy atom. The van der Waals surface area contributed by atoms with Gasteiger partial charge >= 0.3 is 12.1 Å². The standard InChI is InChI=1S/C27H30N6O5/c34-24(38-32-27(36)37-19-20-5-2-1-3-6-20)11-16-28-25(35)21-7-9-23(10-8-21)33-17-12-22(13-18-33)31-26-29-14-4-15-30-26/h1-10,14-15,22H,11-13,16-19H2,(H,28,35)(H,32,36)(H,29,30,31). The first-order chi connectivity index (χ1) is 18.6. The van der Waals surface area contributed by atoms with Gasteiger partial charge in [-0.05, 0) is 48.7 Å². The molecule has 4 rings (SSSR count). The molecule has 3 N–H and O–H groups in total. The quantitative estimate of drug-likeness (QED) is 0.365. The predicted octanol–water partition coefficient (Wildman–Crippen LogP) is 3.06. The van der Waals surface area contributed by atoms with Gasteiger partial charge in [0, 0.05) is 49.3 Å². The van der Waals surface area contributed by atoms with Crippen LogP contribution in [0.2, 0.25) is 0 Å². The molecule has 0 atom stereocenters. The number of nitrogens with zero attached hydrogens (tertiary/aromatic N) is 3. The number of anilines is 2. The summed E-state index contributed by atoms with van der Waals surface area (Å²) in [5, 5.41) is 6.04. The molecule has 1 aliphatic rings. The van der Waals surface area contributed by atoms with Crippen LogP contribution in [0, 0.1) is 0 Å². The molecule has 11 heteroatoms. The molecule has 0 aliphatic carbocycles. The van der Waals surface area contributed by atoms with Crippen molar-refractivity contribution in [3.8, 4) is 0 Å². The first-order valence-electron chi connectivity index (χ1n) is 12.4. The fourth-order valence-electron chi connectivity index (χ4n) is 3.94. The van der Waals surface area contributed by atoms with Crippen molar-refractivity contribution in [2.45, 2.75) is 31.9 Å². The Kier molecular flexibility index (Phi) is 9.44. The summed E-state index contributed by atoms with van der Waals surface area (Å²) >= 11 is 0. The van der Waals surface area contributed by atoms with Gasteiger partial charge in [0.15, 0.2) is 0 Å². The molecule has 0 bridgehead atoms. The monoisotopic (exact) mass is 518 g/mol. The van der Waals surface area contributed by atoms with E-state index in [1.807, 2.05) is 35.8 Å². The second kappa shape index (κ2) is 13.6. The van der Waals surface area contributed by atoms with Gasteiger partial charge in [0.05, 0.1) is 6.42 Å². The van der Waals surface area contributed by atoms with E-state index in [0.29, 0.717) is 17.6 Å². The highest BCUT2D eigenvalue weighted by Crippen LogP contribution is 2.22. The maximum absolute atomic E-state index is 12.4. The van der Waals surface area contributed by atoms with Gasteiger partial charge in [0.25, 0.3) is 5.91 Å². The summed E-state index contributed by atoms with van der Waals surface area (Å²) in [6.45, 7) is 1.88. The number of hydrogen-bond donors (Lipinski definition) is 3. The fraction of sp³-hybridized carbons (Fsp3) is 0.296. The Bertz CT molecular complexity index is 1190. The van der Waals surface area contributed by atoms with Crippen LogP contribution in [-0.2, 0) is 21.0 Å². The van der Waals surface area contributed by atoms with E-state index < -0.39 is 12.1 Å². The Morgan fingerprint density at radius 1 is 0.921 bits per heavy atom. The van der Waals surface area contributed by atoms with Crippen molar-refractivity contribution in [2.75, 3.05) is 29.9 Å². The molecular formula is C27H30N6O5. The molecule has 1 aromatic heterocycles. The zero-order chi connectivity index (χ0) is 26.6. The average Bonchev–Trinajstić information content (AvgIpc) is 2.96. The summed E-state index contributed by atoms with van der Waals surface area (Å²) in [5.41, 5.74) is 4.28. The van der Waals surface area contributed by atoms with Gasteiger partial charge in [0.2, 0.25) is 5.95 Å². The van der Waals surface area contributed by atoms with Crippen LogP contribution in [0.4, 0.5) is 16.4 Å². The summed E-state index contributed by atoms with van der Waals surface area (Å²) in [4.78, 5) is 51.3. The molecule has 0 spiro atoms. The van der Waals surface area contributed by atoms with Crippen LogP contribution in [0.15, 0.2) is 73.1 Å². The Balaban J connectivity index is 1.11. The summed E-state index contributed by atoms with van der Waals surface area (Å²) in [7, 11) is 0. The van der Waals surface area contributed by atoms with Crippen molar-refractivity contribution in [3.05, 3.63) is 84.2 Å². The van der Waals surface area contributed by atoms with E-state index >= 15 is 0 Å². The summed E-state index contributed by atoms with van der Waals surface area (Å²) < 4.78 is 4.95. The van der Waals surface area contributed by atoms with Gasteiger partial charge in [-0.1, -0.05) is 30.3 Å². The van der Waals surface area contributed by atoms with E-state index in [2.05, 4.69) is 30.3 Å². The number of carbonyl (C=O) groups is 3. The van der Waals surface area contributed by atoms with Crippen LogP contribution in [-0.4, -0.2) is 53.6 Å². The third kappa shape index (κ3) is 8.19. The SMILES string of the molecule is O=C(CCNC(=O)c1ccc(N2CCC(Nc3ncccn3)CC2)cc1)ONC(=O)OCc1ccccc1. The molecule has 0 unspecified atom stereocenters. The van der Waals surface area contributed by atoms with Crippen molar-refractivity contribution in [1.82, 2.24) is 20.8 Å². The fourth-order valence-corrected chi connectivity index (χ4v) is 3.94. The maximum Gasteiger partial charge on any atom is 0.441 e. The lowest BCUT2D eigenvalue weighted by molar-refractivity contribution is -0.149. The number of nitrogens with one attached hydrogen (secondary N) is 3. The third-order valence-corrected chi connectivity index (χ3v) is 5.96. The lowest BCUT2D eigenvalue weighted by atomic mass is 10.0. The molecule has 1 saturated heterocycles. The maximum atomic E-state index is 12.4. The lowest BCUT2D eigenvalue weighted by Crippen LogP contribution is -2.39. The van der Waals surface area contributed by atoms with Crippen LogP contribution in [0.3, 0.4) is 0 Å². The van der Waals surface area contributed by atoms with E-state index in [0.717, 1.165) is 37.2 Å². The molecule has 2 amide bonds. The Labute approximate surface area is 220 Å². The van der Waals surface area contributed by atoms with Crippen LogP contribution in [0.25, 0.3) is 0 Å². The molecule has 0 saturated carbocycles. The minimum Gasteiger partial charge on any atom is -0.443 e. The van der Waals surface area contributed by atoms with E-state index in [9.17, 15) is 14.4 Å². The van der Waals surface area contributed by atoms with E-state index in [1.54, 1.807) is 42.7 Å². The second-order valence-corrected chi connectivity index (χ2v) is 8.67. The number of amides is 2. The number of hydrogen-bond acceptors (Lipinski definition) is 9. The highest BCUT2D eigenvalue weighted by atomic mass is 16.7. The molecule has 0 radical (unpaired) electrons. The number of hydroxylamine groups is 1. The lowest BCUT2D eigenvalue weighted by Gasteiger charge is -2.34. The highest BCUT2D eigenvalue weighted by molar-refractivity contribution is 5.94. The number of carbonyl (C=O) groups excluding carboxylic acids is 3. The third-order valence-electron chi connectivity index (χ3n) is 5.96. The number of rotatable bonds is 9. The second-order valence-electron chi connectivity index (χ2n) is 8.67. The van der Waals surface area contributed by atoms with Crippen molar-refractivity contribution in [2.24, 2.45) is 0 Å². The predicted molar refractivity (Wildman–Crippen MR) is 140 cm³/mol. The normalized spacial score (nSPS) is 13.3. The highest BCUT2D eigenvalue weighted by Gasteiger charge is 2.20. The largest absolute Gasteiger partial charge is 0.443 e. The molecule has 1 aliphatic heterocycles. The molecule has 38 heavy (non-hydrogen) atoms. The topological polar surface area (TPSA) is 135 Å². The first-order valence-corrected chi connectivity index (χ1v) is 12.4. The number of piperidine rings is 1. The number of benzene rings is 2. The molecule has 2 aromatic carbocycles. The van der Waals surface area contributed by atoms with E-state index in [4.69, 9.17) is 4.74 Å². The first kappa shape index (κ1) is 26.4. The summed E-state index contributed by atoms with van der Waals surface area (Å²) in [6, 6.07) is 18.6. The average molecular weight is 519 g/mol. The van der Waals surface area contributed by atoms with Gasteiger partial charge in [-0.3, -0.25) is 4.79 Å². The molecule has 2 heterocycles. The zero-order valence-electron chi connectivity index (χ0n) is 20.8. The molecule has 198 valence electrons. The van der Waals surface area contributed by atoms with Crippen LogP contribution in [0.5, 0.6) is 0 Å². The van der Waals surface area contributed by atoms with Gasteiger partial charge < -0.3 is 25.1 Å². The Hall–Kier alpha value is -4.67. The van der Waals surface area contributed by atoms with Crippen molar-refractivity contribution in [3.63, 3.8) is 0 Å². The van der Waals surface area contributed by atoms with E-state index in [-0.39, 0.29) is 25.5 Å². The number of ether oxygens (including phenoxy) is 1. The minimum atomic E-state index is -0.878. The van der Waals surface area contributed by atoms with Crippen molar-refractivity contribution < 1.29 is 24.0 Å². The van der Waals surface area contributed by atoms with Gasteiger partial charge in [-0.15, -0.1) is 5.48 Å². The van der Waals surface area contributed by atoms with Crippen LogP contribution < -0.4 is 21.0 Å². The zero-order valence-corrected chi connectivity index (χ0v) is 20.8. The summed E-state index contributed by atoms with van der Waals surface area (Å²) in [6.07, 6.45) is 4.36. The van der Waals surface area contributed by atoms with Crippen molar-refractivity contribution >= 4 is 29.6 Å². The molecular weight excluding hydrogens is 488 g/mol. The smallest absolute Gasteiger partial charge is 0.441 e. The summed E-state index contributed by atoms with van der Waals surface area (Å²) in [5.74, 6) is -0.355. The van der Waals surface area contributed by atoms with Gasteiger partial charge in [0.1, 0.15) is 6.61 Å².